The lowest BCUT2D eigenvalue weighted by Crippen LogP contribution is -2.20. The Kier molecular flexibility index (Phi) is 6.38. The summed E-state index contributed by atoms with van der Waals surface area (Å²) in [7, 11) is 0. The predicted octanol–water partition coefficient (Wildman–Crippen LogP) is 1.23. The van der Waals surface area contributed by atoms with Crippen molar-refractivity contribution in [3.63, 3.8) is 0 Å². The summed E-state index contributed by atoms with van der Waals surface area (Å²) in [5.74, 6) is -0.491. The predicted molar refractivity (Wildman–Crippen MR) is 77.2 cm³/mol. The van der Waals surface area contributed by atoms with Gasteiger partial charge in [0.05, 0.1) is 17.0 Å². The summed E-state index contributed by atoms with van der Waals surface area (Å²) >= 11 is 1.45. The van der Waals surface area contributed by atoms with Gasteiger partial charge >= 0.3 is 0 Å². The molecule has 5 nitrogen and oxygen atoms in total. The fraction of sp³-hybridized carbons (Fsp3) is 0.385. The van der Waals surface area contributed by atoms with Crippen LogP contribution in [0.15, 0.2) is 24.3 Å². The lowest BCUT2D eigenvalue weighted by molar-refractivity contribution is -0.113. The molecule has 0 aliphatic heterocycles. The van der Waals surface area contributed by atoms with Crippen LogP contribution >= 0.6 is 11.8 Å². The van der Waals surface area contributed by atoms with E-state index in [1.807, 2.05) is 6.92 Å². The number of hydrogen-bond donors (Lipinski definition) is 3. The molecule has 1 unspecified atom stereocenters. The highest BCUT2D eigenvalue weighted by Crippen LogP contribution is 2.17. The van der Waals surface area contributed by atoms with E-state index in [2.05, 4.69) is 5.32 Å². The Hall–Kier alpha value is -1.53. The summed E-state index contributed by atoms with van der Waals surface area (Å²) < 4.78 is 0. The maximum Gasteiger partial charge on any atom is 0.250 e. The molecule has 0 fully saturated rings. The van der Waals surface area contributed by atoms with E-state index in [1.54, 1.807) is 24.3 Å². The third-order valence-electron chi connectivity index (χ3n) is 2.50. The third kappa shape index (κ3) is 5.32. The number of amides is 2. The number of carbonyl (C=O) groups is 2. The van der Waals surface area contributed by atoms with Gasteiger partial charge in [-0.1, -0.05) is 19.1 Å². The Morgan fingerprint density at radius 2 is 2.11 bits per heavy atom. The molecule has 0 spiro atoms. The Morgan fingerprint density at radius 3 is 2.74 bits per heavy atom. The number of aliphatic hydroxyl groups is 1. The van der Waals surface area contributed by atoms with Crippen molar-refractivity contribution in [3.8, 4) is 0 Å². The van der Waals surface area contributed by atoms with Crippen molar-refractivity contribution in [2.45, 2.75) is 18.6 Å². The highest BCUT2D eigenvalue weighted by atomic mass is 32.2. The molecule has 6 heteroatoms. The summed E-state index contributed by atoms with van der Waals surface area (Å²) in [5.41, 5.74) is 5.95. The average molecular weight is 282 g/mol. The first kappa shape index (κ1) is 15.5. The Balaban J connectivity index is 2.55. The Morgan fingerprint density at radius 1 is 1.42 bits per heavy atom. The van der Waals surface area contributed by atoms with Gasteiger partial charge in [-0.15, -0.1) is 11.8 Å². The number of primary amides is 1. The Bertz CT molecular complexity index is 451. The van der Waals surface area contributed by atoms with E-state index in [9.17, 15) is 9.59 Å². The number of thioether (sulfide) groups is 1. The van der Waals surface area contributed by atoms with Gasteiger partial charge in [-0.05, 0) is 18.6 Å². The average Bonchev–Trinajstić information content (AvgIpc) is 2.37. The second kappa shape index (κ2) is 7.81. The number of benzene rings is 1. The molecule has 0 aromatic heterocycles. The van der Waals surface area contributed by atoms with Crippen LogP contribution in [-0.4, -0.2) is 34.5 Å². The minimum atomic E-state index is -0.572. The van der Waals surface area contributed by atoms with Gasteiger partial charge in [0.1, 0.15) is 0 Å². The molecule has 0 heterocycles. The highest BCUT2D eigenvalue weighted by molar-refractivity contribution is 8.00. The van der Waals surface area contributed by atoms with Crippen LogP contribution in [0.5, 0.6) is 0 Å². The molecule has 0 aliphatic rings. The normalized spacial score (nSPS) is 11.9. The molecule has 19 heavy (non-hydrogen) atoms. The Labute approximate surface area is 116 Å². The van der Waals surface area contributed by atoms with Crippen LogP contribution in [0.1, 0.15) is 23.7 Å². The first-order chi connectivity index (χ1) is 9.04. The molecule has 1 rings (SSSR count). The molecular weight excluding hydrogens is 264 g/mol. The molecule has 1 aromatic carbocycles. The molecule has 4 N–H and O–H groups in total. The lowest BCUT2D eigenvalue weighted by Gasteiger charge is -2.11. The zero-order valence-electron chi connectivity index (χ0n) is 10.8. The van der Waals surface area contributed by atoms with Crippen LogP contribution in [0.2, 0.25) is 0 Å². The fourth-order valence-electron chi connectivity index (χ4n) is 1.48. The number of aliphatic hydroxyl groups excluding tert-OH is 1. The van der Waals surface area contributed by atoms with Crippen molar-refractivity contribution in [1.29, 1.82) is 0 Å². The van der Waals surface area contributed by atoms with Gasteiger partial charge in [-0.2, -0.15) is 0 Å². The molecule has 0 radical (unpaired) electrons. The molecule has 1 atom stereocenters. The second-order valence-electron chi connectivity index (χ2n) is 4.09. The summed E-state index contributed by atoms with van der Waals surface area (Å²) in [6, 6.07) is 6.62. The largest absolute Gasteiger partial charge is 0.396 e. The molecule has 1 aromatic rings. The van der Waals surface area contributed by atoms with Gasteiger partial charge in [-0.3, -0.25) is 9.59 Å². The maximum absolute atomic E-state index is 11.7. The number of rotatable bonds is 7. The van der Waals surface area contributed by atoms with Gasteiger partial charge < -0.3 is 16.2 Å². The number of carbonyl (C=O) groups excluding carboxylic acids is 2. The van der Waals surface area contributed by atoms with E-state index in [0.29, 0.717) is 17.7 Å². The molecule has 0 aliphatic carbocycles. The van der Waals surface area contributed by atoms with Crippen LogP contribution in [0.4, 0.5) is 5.69 Å². The molecule has 0 bridgehead atoms. The minimum absolute atomic E-state index is 0.111. The number of nitrogens with two attached hydrogens (primary N) is 1. The topological polar surface area (TPSA) is 92.4 Å². The van der Waals surface area contributed by atoms with Gasteiger partial charge in [0.15, 0.2) is 0 Å². The number of nitrogens with one attached hydrogen (secondary N) is 1. The third-order valence-corrected chi connectivity index (χ3v) is 3.73. The van der Waals surface area contributed by atoms with Crippen LogP contribution in [0.3, 0.4) is 0 Å². The van der Waals surface area contributed by atoms with Gasteiger partial charge in [-0.25, -0.2) is 0 Å². The van der Waals surface area contributed by atoms with Crippen LogP contribution in [-0.2, 0) is 4.79 Å². The molecular formula is C13H18N2O3S. The monoisotopic (exact) mass is 282 g/mol. The van der Waals surface area contributed by atoms with Crippen molar-refractivity contribution in [1.82, 2.24) is 0 Å². The summed E-state index contributed by atoms with van der Waals surface area (Å²) in [6.45, 7) is 2.06. The number of anilines is 1. The summed E-state index contributed by atoms with van der Waals surface area (Å²) in [5, 5.41) is 11.6. The summed E-state index contributed by atoms with van der Waals surface area (Å²) in [4.78, 5) is 22.9. The van der Waals surface area contributed by atoms with Crippen molar-refractivity contribution in [2.75, 3.05) is 17.7 Å². The van der Waals surface area contributed by atoms with Crippen molar-refractivity contribution >= 4 is 29.3 Å². The van der Waals surface area contributed by atoms with Crippen LogP contribution in [0, 0.1) is 0 Å². The summed E-state index contributed by atoms with van der Waals surface area (Å²) in [6.07, 6.45) is 0.649. The standard InChI is InChI=1S/C13H18N2O3S/c1-9(6-7-16)19-8-12(17)15-11-5-3-2-4-10(11)13(14)18/h2-5,9,16H,6-8H2,1H3,(H2,14,18)(H,15,17). The van der Waals surface area contributed by atoms with Gasteiger partial charge in [0, 0.05) is 11.9 Å². The van der Waals surface area contributed by atoms with Crippen molar-refractivity contribution < 1.29 is 14.7 Å². The number of para-hydroxylation sites is 1. The first-order valence-corrected chi connectivity index (χ1v) is 7.00. The maximum atomic E-state index is 11.7. The van der Waals surface area contributed by atoms with Crippen LogP contribution in [0.25, 0.3) is 0 Å². The van der Waals surface area contributed by atoms with Crippen molar-refractivity contribution in [3.05, 3.63) is 29.8 Å². The van der Waals surface area contributed by atoms with Gasteiger partial charge in [0.2, 0.25) is 5.91 Å². The first-order valence-electron chi connectivity index (χ1n) is 5.95. The van der Waals surface area contributed by atoms with E-state index < -0.39 is 5.91 Å². The van der Waals surface area contributed by atoms with Crippen molar-refractivity contribution in [2.24, 2.45) is 5.73 Å². The minimum Gasteiger partial charge on any atom is -0.396 e. The molecule has 0 saturated carbocycles. The quantitative estimate of drug-likeness (QED) is 0.701. The zero-order chi connectivity index (χ0) is 14.3. The SMILES string of the molecule is CC(CCO)SCC(=O)Nc1ccccc1C(N)=O. The second-order valence-corrected chi connectivity index (χ2v) is 5.52. The van der Waals surface area contributed by atoms with E-state index >= 15 is 0 Å². The lowest BCUT2D eigenvalue weighted by atomic mass is 10.1. The molecule has 0 saturated heterocycles. The zero-order valence-corrected chi connectivity index (χ0v) is 11.6. The molecule has 104 valence electrons. The van der Waals surface area contributed by atoms with E-state index in [4.69, 9.17) is 10.8 Å². The highest BCUT2D eigenvalue weighted by Gasteiger charge is 2.11. The van der Waals surface area contributed by atoms with Crippen LogP contribution < -0.4 is 11.1 Å². The fourth-order valence-corrected chi connectivity index (χ4v) is 2.26. The van der Waals surface area contributed by atoms with E-state index in [1.165, 1.54) is 11.8 Å². The van der Waals surface area contributed by atoms with E-state index in [0.717, 1.165) is 0 Å². The molecule has 2 amide bonds. The van der Waals surface area contributed by atoms with Gasteiger partial charge in [0.25, 0.3) is 5.91 Å². The number of hydrogen-bond acceptors (Lipinski definition) is 4. The van der Waals surface area contributed by atoms with E-state index in [-0.39, 0.29) is 23.5 Å². The smallest absolute Gasteiger partial charge is 0.250 e.